The number of ether oxygens (including phenoxy) is 1. The highest BCUT2D eigenvalue weighted by Crippen LogP contribution is 2.31. The van der Waals surface area contributed by atoms with E-state index in [1.54, 1.807) is 24.3 Å². The number of hydrogen-bond donors (Lipinski definition) is 2. The van der Waals surface area contributed by atoms with Crippen LogP contribution in [-0.2, 0) is 17.0 Å². The molecule has 0 aliphatic rings. The van der Waals surface area contributed by atoms with E-state index in [4.69, 9.17) is 22.3 Å². The van der Waals surface area contributed by atoms with Crippen LogP contribution in [0.25, 0.3) is 16.7 Å². The second-order valence-corrected chi connectivity index (χ2v) is 7.88. The van der Waals surface area contributed by atoms with Gasteiger partial charge in [0.15, 0.2) is 17.4 Å². The molecule has 4 rings (SSSR count). The van der Waals surface area contributed by atoms with Crippen LogP contribution in [0.3, 0.4) is 0 Å². The van der Waals surface area contributed by atoms with E-state index >= 15 is 4.39 Å². The van der Waals surface area contributed by atoms with Gasteiger partial charge in [0.25, 0.3) is 0 Å². The molecule has 0 radical (unpaired) electrons. The lowest BCUT2D eigenvalue weighted by Gasteiger charge is -2.10. The Morgan fingerprint density at radius 1 is 1.03 bits per heavy atom. The molecular weight excluding hydrogens is 500 g/mol. The van der Waals surface area contributed by atoms with Crippen LogP contribution in [0.2, 0.25) is 0 Å². The van der Waals surface area contributed by atoms with E-state index in [-0.39, 0.29) is 17.6 Å². The molecule has 0 saturated heterocycles. The number of nitrogens with zero attached hydrogens (tertiary/aromatic N) is 3. The SMILES string of the molecule is Fc1cc2nnn(-c3ccc(Br)cc3)c2c(F)c1OCc1ccccc1.O=S(=O)(O)O. The zero-order valence-electron chi connectivity index (χ0n) is 15.5. The van der Waals surface area contributed by atoms with E-state index in [0.717, 1.165) is 16.1 Å². The number of halogens is 3. The molecule has 31 heavy (non-hydrogen) atoms. The summed E-state index contributed by atoms with van der Waals surface area (Å²) >= 11 is 3.35. The molecule has 162 valence electrons. The molecule has 0 spiro atoms. The third-order valence-corrected chi connectivity index (χ3v) is 4.41. The molecule has 0 bridgehead atoms. The number of rotatable bonds is 4. The fourth-order valence-electron chi connectivity index (χ4n) is 2.62. The summed E-state index contributed by atoms with van der Waals surface area (Å²) in [5.74, 6) is -2.08. The van der Waals surface area contributed by atoms with Crippen LogP contribution in [0.1, 0.15) is 5.56 Å². The van der Waals surface area contributed by atoms with Crippen molar-refractivity contribution in [3.63, 3.8) is 0 Å². The summed E-state index contributed by atoms with van der Waals surface area (Å²) < 4.78 is 68.5. The van der Waals surface area contributed by atoms with Crippen molar-refractivity contribution < 1.29 is 31.0 Å². The van der Waals surface area contributed by atoms with Crippen molar-refractivity contribution >= 4 is 37.4 Å². The van der Waals surface area contributed by atoms with Gasteiger partial charge in [0, 0.05) is 10.5 Å². The van der Waals surface area contributed by atoms with Crippen LogP contribution in [0.15, 0.2) is 65.1 Å². The van der Waals surface area contributed by atoms with Gasteiger partial charge in [-0.3, -0.25) is 9.11 Å². The van der Waals surface area contributed by atoms with Crippen LogP contribution < -0.4 is 4.74 Å². The van der Waals surface area contributed by atoms with E-state index < -0.39 is 27.8 Å². The third-order valence-electron chi connectivity index (χ3n) is 3.88. The summed E-state index contributed by atoms with van der Waals surface area (Å²) in [6, 6.07) is 17.4. The smallest absolute Gasteiger partial charge is 0.394 e. The maximum Gasteiger partial charge on any atom is 0.394 e. The lowest BCUT2D eigenvalue weighted by Crippen LogP contribution is -2.03. The number of hydrogen-bond acceptors (Lipinski definition) is 5. The molecule has 4 aromatic rings. The molecule has 12 heteroatoms. The summed E-state index contributed by atoms with van der Waals surface area (Å²) in [6.07, 6.45) is 0. The summed E-state index contributed by atoms with van der Waals surface area (Å²) in [5, 5.41) is 7.81. The molecule has 1 aromatic heterocycles. The van der Waals surface area contributed by atoms with Crippen LogP contribution in [-0.4, -0.2) is 32.5 Å². The van der Waals surface area contributed by atoms with Gasteiger partial charge in [-0.05, 0) is 29.8 Å². The standard InChI is InChI=1S/C19H12BrF2N3O.H2O4S/c20-13-6-8-14(9-7-13)25-18-16(23-24-25)10-15(21)19(17(18)22)26-11-12-4-2-1-3-5-12;1-5(2,3)4/h1-10H,11H2;(H2,1,2,3,4). The molecule has 0 unspecified atom stereocenters. The Morgan fingerprint density at radius 2 is 1.65 bits per heavy atom. The van der Waals surface area contributed by atoms with E-state index in [0.29, 0.717) is 5.69 Å². The van der Waals surface area contributed by atoms with Gasteiger partial charge in [0.05, 0.1) is 5.69 Å². The van der Waals surface area contributed by atoms with Crippen LogP contribution >= 0.6 is 15.9 Å². The number of fused-ring (bicyclic) bond motifs is 1. The second kappa shape index (κ2) is 9.47. The summed E-state index contributed by atoms with van der Waals surface area (Å²) in [5.41, 5.74) is 1.60. The minimum absolute atomic E-state index is 0.0556. The van der Waals surface area contributed by atoms with Gasteiger partial charge in [0.1, 0.15) is 17.6 Å². The molecule has 0 amide bonds. The van der Waals surface area contributed by atoms with Crippen molar-refractivity contribution in [2.75, 3.05) is 0 Å². The molecule has 8 nitrogen and oxygen atoms in total. The average Bonchev–Trinajstić information content (AvgIpc) is 3.12. The summed E-state index contributed by atoms with van der Waals surface area (Å²) in [6.45, 7) is 0.0556. The lowest BCUT2D eigenvalue weighted by molar-refractivity contribution is 0.275. The fourth-order valence-corrected chi connectivity index (χ4v) is 2.88. The molecule has 0 aliphatic heterocycles. The van der Waals surface area contributed by atoms with Crippen molar-refractivity contribution in [2.45, 2.75) is 6.61 Å². The first-order chi connectivity index (χ1) is 14.6. The first kappa shape index (κ1) is 22.7. The Hall–Kier alpha value is -2.93. The van der Waals surface area contributed by atoms with Gasteiger partial charge < -0.3 is 4.74 Å². The zero-order chi connectivity index (χ0) is 22.6. The summed E-state index contributed by atoms with van der Waals surface area (Å²) in [7, 11) is -4.67. The van der Waals surface area contributed by atoms with Crippen molar-refractivity contribution in [3.05, 3.63) is 82.3 Å². The molecule has 1 heterocycles. The fraction of sp³-hybridized carbons (Fsp3) is 0.0526. The normalized spacial score (nSPS) is 11.1. The van der Waals surface area contributed by atoms with Crippen molar-refractivity contribution in [3.8, 4) is 11.4 Å². The summed E-state index contributed by atoms with van der Waals surface area (Å²) in [4.78, 5) is 0. The van der Waals surface area contributed by atoms with Crippen molar-refractivity contribution in [2.24, 2.45) is 0 Å². The highest BCUT2D eigenvalue weighted by atomic mass is 79.9. The third kappa shape index (κ3) is 6.04. The van der Waals surface area contributed by atoms with Crippen LogP contribution in [0.4, 0.5) is 8.78 Å². The van der Waals surface area contributed by atoms with E-state index in [9.17, 15) is 4.39 Å². The second-order valence-electron chi connectivity index (χ2n) is 6.07. The number of aromatic nitrogens is 3. The highest BCUT2D eigenvalue weighted by molar-refractivity contribution is 9.10. The maximum atomic E-state index is 15.0. The topological polar surface area (TPSA) is 115 Å². The molecule has 0 aliphatic carbocycles. The van der Waals surface area contributed by atoms with E-state index in [2.05, 4.69) is 26.2 Å². The lowest BCUT2D eigenvalue weighted by atomic mass is 10.2. The Kier molecular flexibility index (Phi) is 6.95. The van der Waals surface area contributed by atoms with E-state index in [1.165, 1.54) is 4.68 Å². The minimum atomic E-state index is -4.67. The van der Waals surface area contributed by atoms with Gasteiger partial charge in [-0.25, -0.2) is 13.5 Å². The quantitative estimate of drug-likeness (QED) is 0.389. The number of benzene rings is 3. The van der Waals surface area contributed by atoms with Crippen LogP contribution in [0, 0.1) is 11.6 Å². The Labute approximate surface area is 183 Å². The van der Waals surface area contributed by atoms with Gasteiger partial charge in [-0.1, -0.05) is 51.5 Å². The predicted molar refractivity (Wildman–Crippen MR) is 111 cm³/mol. The molecule has 2 N–H and O–H groups in total. The Balaban J connectivity index is 0.000000491. The van der Waals surface area contributed by atoms with Gasteiger partial charge in [0.2, 0.25) is 0 Å². The van der Waals surface area contributed by atoms with E-state index in [1.807, 2.05) is 30.3 Å². The molecular formula is C19H14BrF2N3O5S. The largest absolute Gasteiger partial charge is 0.483 e. The minimum Gasteiger partial charge on any atom is -0.483 e. The average molecular weight is 514 g/mol. The van der Waals surface area contributed by atoms with Crippen molar-refractivity contribution in [1.29, 1.82) is 0 Å². The van der Waals surface area contributed by atoms with Gasteiger partial charge in [-0.15, -0.1) is 5.10 Å². The first-order valence-corrected chi connectivity index (χ1v) is 10.7. The zero-order valence-corrected chi connectivity index (χ0v) is 17.9. The highest BCUT2D eigenvalue weighted by Gasteiger charge is 2.21. The van der Waals surface area contributed by atoms with Gasteiger partial charge >= 0.3 is 10.4 Å². The monoisotopic (exact) mass is 513 g/mol. The predicted octanol–water partition coefficient (Wildman–Crippen LogP) is 4.39. The first-order valence-electron chi connectivity index (χ1n) is 8.49. The van der Waals surface area contributed by atoms with Crippen molar-refractivity contribution in [1.82, 2.24) is 15.0 Å². The van der Waals surface area contributed by atoms with Gasteiger partial charge in [-0.2, -0.15) is 8.42 Å². The molecule has 0 fully saturated rings. The molecule has 0 atom stereocenters. The Morgan fingerprint density at radius 3 is 2.26 bits per heavy atom. The van der Waals surface area contributed by atoms with Crippen LogP contribution in [0.5, 0.6) is 5.75 Å². The molecule has 0 saturated carbocycles. The maximum absolute atomic E-state index is 15.0. The Bertz CT molecular complexity index is 1290. The molecule has 3 aromatic carbocycles.